The zero-order chi connectivity index (χ0) is 26.9. The number of carboxylic acids is 1. The van der Waals surface area contributed by atoms with Gasteiger partial charge in [-0.3, -0.25) is 4.79 Å². The molecule has 1 aliphatic heterocycles. The Morgan fingerprint density at radius 2 is 1.75 bits per heavy atom. The van der Waals surface area contributed by atoms with Crippen LogP contribution in [0.1, 0.15) is 17.5 Å². The summed E-state index contributed by atoms with van der Waals surface area (Å²) in [6.07, 6.45) is -3.54. The predicted molar refractivity (Wildman–Crippen MR) is 129 cm³/mol. The van der Waals surface area contributed by atoms with Gasteiger partial charge >= 0.3 is 12.1 Å². The molecule has 1 saturated heterocycles. The minimum Gasteiger partial charge on any atom is -0.491 e. The van der Waals surface area contributed by atoms with E-state index < -0.39 is 24.2 Å². The number of β-amino-alcohol motifs (C(OH)–C–C–N with tert-alkyl or cyclic N) is 1. The lowest BCUT2D eigenvalue weighted by atomic mass is 9.99. The van der Waals surface area contributed by atoms with E-state index in [2.05, 4.69) is 17.0 Å². The van der Waals surface area contributed by atoms with Gasteiger partial charge in [0.15, 0.2) is 0 Å². The van der Waals surface area contributed by atoms with Crippen molar-refractivity contribution in [1.82, 2.24) is 4.90 Å². The number of amides is 1. The average Bonchev–Trinajstić information content (AvgIpc) is 3.20. The van der Waals surface area contributed by atoms with Crippen LogP contribution in [-0.2, 0) is 22.4 Å². The zero-order valence-electron chi connectivity index (χ0n) is 19.2. The summed E-state index contributed by atoms with van der Waals surface area (Å²) in [7, 11) is 0. The van der Waals surface area contributed by atoms with Crippen molar-refractivity contribution in [2.24, 2.45) is 11.7 Å². The van der Waals surface area contributed by atoms with Gasteiger partial charge in [0, 0.05) is 28.7 Å². The van der Waals surface area contributed by atoms with E-state index in [0.29, 0.717) is 28.8 Å². The van der Waals surface area contributed by atoms with E-state index in [1.165, 1.54) is 5.56 Å². The van der Waals surface area contributed by atoms with E-state index in [9.17, 15) is 23.1 Å². The minimum absolute atomic E-state index is 0.0461. The molecule has 0 bridgehead atoms. The van der Waals surface area contributed by atoms with Crippen molar-refractivity contribution in [3.05, 3.63) is 63.6 Å². The number of carbonyl (C=O) groups excluding carboxylic acids is 1. The second kappa shape index (κ2) is 13.7. The van der Waals surface area contributed by atoms with Crippen LogP contribution in [0.5, 0.6) is 5.75 Å². The van der Waals surface area contributed by atoms with Crippen molar-refractivity contribution in [2.45, 2.75) is 31.5 Å². The number of hydrogen-bond donors (Lipinski definition) is 3. The SMILES string of the molecule is NC(=O)Cc1cc(Cl)ccc1OCC(O)CN1CCC(Cc2ccc(Cl)cc2)C1.O=C(O)C(F)(F)F. The molecule has 3 rings (SSSR count). The maximum atomic E-state index is 11.2. The Balaban J connectivity index is 0.000000572. The van der Waals surface area contributed by atoms with Gasteiger partial charge < -0.3 is 25.6 Å². The number of nitrogens with zero attached hydrogens (tertiary/aromatic N) is 1. The van der Waals surface area contributed by atoms with Gasteiger partial charge in [-0.25, -0.2) is 4.79 Å². The van der Waals surface area contributed by atoms with Gasteiger partial charge in [0.2, 0.25) is 5.91 Å². The van der Waals surface area contributed by atoms with E-state index in [4.69, 9.17) is 43.6 Å². The Morgan fingerprint density at radius 3 is 2.33 bits per heavy atom. The molecule has 7 nitrogen and oxygen atoms in total. The van der Waals surface area contributed by atoms with Crippen molar-refractivity contribution in [3.63, 3.8) is 0 Å². The van der Waals surface area contributed by atoms with E-state index in [1.54, 1.807) is 18.2 Å². The van der Waals surface area contributed by atoms with Crippen LogP contribution in [0, 0.1) is 5.92 Å². The fraction of sp³-hybridized carbons (Fsp3) is 0.417. The number of halogens is 5. The number of alkyl halides is 3. The third-order valence-corrected chi connectivity index (χ3v) is 5.82. The normalized spacial score (nSPS) is 16.7. The molecule has 0 spiro atoms. The highest BCUT2D eigenvalue weighted by Crippen LogP contribution is 2.25. The molecule has 0 aliphatic carbocycles. The second-order valence-corrected chi connectivity index (χ2v) is 9.28. The average molecular weight is 551 g/mol. The van der Waals surface area contributed by atoms with Gasteiger partial charge in [0.1, 0.15) is 18.5 Å². The largest absolute Gasteiger partial charge is 0.491 e. The molecular weight excluding hydrogens is 524 g/mol. The van der Waals surface area contributed by atoms with Crippen molar-refractivity contribution in [2.75, 3.05) is 26.2 Å². The highest BCUT2D eigenvalue weighted by molar-refractivity contribution is 6.30. The smallest absolute Gasteiger partial charge is 0.490 e. The summed E-state index contributed by atoms with van der Waals surface area (Å²) < 4.78 is 37.5. The van der Waals surface area contributed by atoms with E-state index in [-0.39, 0.29) is 13.0 Å². The summed E-state index contributed by atoms with van der Waals surface area (Å²) in [4.78, 5) is 22.4. The number of hydrogen-bond acceptors (Lipinski definition) is 5. The Morgan fingerprint density at radius 1 is 1.14 bits per heavy atom. The van der Waals surface area contributed by atoms with Crippen molar-refractivity contribution in [1.29, 1.82) is 0 Å². The Kier molecular flexibility index (Phi) is 11.3. The highest BCUT2D eigenvalue weighted by atomic mass is 35.5. The van der Waals surface area contributed by atoms with Crippen molar-refractivity contribution >= 4 is 35.1 Å². The van der Waals surface area contributed by atoms with Gasteiger partial charge in [-0.2, -0.15) is 13.2 Å². The maximum absolute atomic E-state index is 11.2. The third-order valence-electron chi connectivity index (χ3n) is 5.34. The molecular formula is C24H27Cl2F3N2O5. The minimum atomic E-state index is -5.08. The Labute approximate surface area is 216 Å². The molecule has 1 amide bonds. The standard InChI is InChI=1S/C22H26Cl2N2O3.C2HF3O2/c23-18-3-1-15(2-4-18)9-16-7-8-26(12-16)13-20(27)14-29-21-6-5-19(24)10-17(21)11-22(25)28;3-2(4,5)1(6)7/h1-6,10,16,20,27H,7-9,11-14H2,(H2,25,28);(H,6,7). The number of aliphatic hydroxyl groups is 1. The van der Waals surface area contributed by atoms with Gasteiger partial charge in [-0.15, -0.1) is 0 Å². The van der Waals surface area contributed by atoms with Crippen LogP contribution in [0.2, 0.25) is 10.0 Å². The number of benzene rings is 2. The molecule has 4 N–H and O–H groups in total. The number of aliphatic hydroxyl groups excluding tert-OH is 1. The van der Waals surface area contributed by atoms with Crippen LogP contribution < -0.4 is 10.5 Å². The molecule has 0 aromatic heterocycles. The molecule has 1 aliphatic rings. The van der Waals surface area contributed by atoms with Gasteiger partial charge in [0.25, 0.3) is 0 Å². The van der Waals surface area contributed by atoms with Crippen molar-refractivity contribution in [3.8, 4) is 5.75 Å². The van der Waals surface area contributed by atoms with E-state index >= 15 is 0 Å². The fourth-order valence-corrected chi connectivity index (χ4v) is 4.07. The Bertz CT molecular complexity index is 1020. The number of nitrogens with two attached hydrogens (primary N) is 1. The quantitative estimate of drug-likeness (QED) is 0.435. The van der Waals surface area contributed by atoms with Crippen LogP contribution in [0.15, 0.2) is 42.5 Å². The molecule has 12 heteroatoms. The molecule has 0 radical (unpaired) electrons. The summed E-state index contributed by atoms with van der Waals surface area (Å²) in [6.45, 7) is 2.61. The molecule has 2 unspecified atom stereocenters. The van der Waals surface area contributed by atoms with Gasteiger partial charge in [-0.1, -0.05) is 35.3 Å². The van der Waals surface area contributed by atoms with Gasteiger partial charge in [-0.05, 0) is 61.2 Å². The molecule has 1 heterocycles. The highest BCUT2D eigenvalue weighted by Gasteiger charge is 2.38. The number of likely N-dealkylation sites (tertiary alicyclic amines) is 1. The summed E-state index contributed by atoms with van der Waals surface area (Å²) in [5.74, 6) is -2.12. The Hall–Kier alpha value is -2.53. The summed E-state index contributed by atoms with van der Waals surface area (Å²) >= 11 is 11.9. The zero-order valence-corrected chi connectivity index (χ0v) is 20.7. The van der Waals surface area contributed by atoms with Crippen molar-refractivity contribution < 1.29 is 37.7 Å². The van der Waals surface area contributed by atoms with Crippen LogP contribution in [-0.4, -0.2) is 65.5 Å². The molecule has 2 atom stereocenters. The number of aliphatic carboxylic acids is 1. The fourth-order valence-electron chi connectivity index (χ4n) is 3.75. The van der Waals surface area contributed by atoms with Crippen LogP contribution in [0.3, 0.4) is 0 Å². The number of rotatable bonds is 9. The topological polar surface area (TPSA) is 113 Å². The molecule has 198 valence electrons. The third kappa shape index (κ3) is 10.6. The summed E-state index contributed by atoms with van der Waals surface area (Å²) in [5.41, 5.74) is 7.20. The van der Waals surface area contributed by atoms with Crippen LogP contribution in [0.4, 0.5) is 13.2 Å². The van der Waals surface area contributed by atoms with Gasteiger partial charge in [0.05, 0.1) is 6.42 Å². The monoisotopic (exact) mass is 550 g/mol. The molecule has 2 aromatic rings. The second-order valence-electron chi connectivity index (χ2n) is 8.41. The lowest BCUT2D eigenvalue weighted by Crippen LogP contribution is -2.34. The lowest BCUT2D eigenvalue weighted by Gasteiger charge is -2.21. The van der Waals surface area contributed by atoms with Crippen LogP contribution >= 0.6 is 23.2 Å². The number of carboxylic acid groups (broad SMARTS) is 1. The van der Waals surface area contributed by atoms with E-state index in [0.717, 1.165) is 31.0 Å². The predicted octanol–water partition coefficient (Wildman–Crippen LogP) is 3.96. The first-order valence-corrected chi connectivity index (χ1v) is 11.7. The number of carbonyl (C=O) groups is 2. The van der Waals surface area contributed by atoms with Crippen LogP contribution in [0.25, 0.3) is 0 Å². The summed E-state index contributed by atoms with van der Waals surface area (Å²) in [5, 5.41) is 18.8. The number of primary amides is 1. The molecule has 2 aromatic carbocycles. The first-order chi connectivity index (χ1) is 16.8. The molecule has 1 fully saturated rings. The lowest BCUT2D eigenvalue weighted by molar-refractivity contribution is -0.192. The molecule has 0 saturated carbocycles. The maximum Gasteiger partial charge on any atom is 0.490 e. The first-order valence-electron chi connectivity index (χ1n) is 11.0. The summed E-state index contributed by atoms with van der Waals surface area (Å²) in [6, 6.07) is 13.0. The number of ether oxygens (including phenoxy) is 1. The first kappa shape index (κ1) is 29.7. The van der Waals surface area contributed by atoms with E-state index in [1.807, 2.05) is 12.1 Å². The molecule has 36 heavy (non-hydrogen) atoms.